The zero-order chi connectivity index (χ0) is 26.5. The molecule has 1 saturated heterocycles. The maximum absolute atomic E-state index is 13.2. The van der Waals surface area contributed by atoms with Gasteiger partial charge in [-0.15, -0.1) is 0 Å². The molecule has 1 aromatic heterocycles. The summed E-state index contributed by atoms with van der Waals surface area (Å²) in [5, 5.41) is 1.09. The molecule has 1 aliphatic heterocycles. The van der Waals surface area contributed by atoms with Crippen LogP contribution in [0.15, 0.2) is 46.9 Å². The minimum Gasteiger partial charge on any atom is -0.456 e. The molecule has 1 fully saturated rings. The summed E-state index contributed by atoms with van der Waals surface area (Å²) in [5.74, 6) is 1.19. The van der Waals surface area contributed by atoms with Crippen LogP contribution in [-0.4, -0.2) is 37.0 Å². The van der Waals surface area contributed by atoms with E-state index in [-0.39, 0.29) is 16.7 Å². The first-order valence-electron chi connectivity index (χ1n) is 13.2. The Hall–Kier alpha value is -2.43. The Balaban J connectivity index is 1.27. The van der Waals surface area contributed by atoms with Gasteiger partial charge in [0.2, 0.25) is 0 Å². The molecule has 37 heavy (non-hydrogen) atoms. The van der Waals surface area contributed by atoms with Gasteiger partial charge in [0.15, 0.2) is 5.76 Å². The number of anilines is 1. The van der Waals surface area contributed by atoms with Crippen LogP contribution in [0.5, 0.6) is 0 Å². The molecule has 4 nitrogen and oxygen atoms in total. The van der Waals surface area contributed by atoms with E-state index in [4.69, 9.17) is 27.6 Å². The number of amides is 1. The van der Waals surface area contributed by atoms with E-state index in [2.05, 4.69) is 51.7 Å². The first kappa shape index (κ1) is 26.2. The highest BCUT2D eigenvalue weighted by Crippen LogP contribution is 2.46. The van der Waals surface area contributed by atoms with Crippen LogP contribution in [0.25, 0.3) is 0 Å². The van der Waals surface area contributed by atoms with E-state index < -0.39 is 0 Å². The van der Waals surface area contributed by atoms with E-state index in [0.717, 1.165) is 24.5 Å². The summed E-state index contributed by atoms with van der Waals surface area (Å²) >= 11 is 12.2. The van der Waals surface area contributed by atoms with E-state index in [1.807, 2.05) is 35.2 Å². The van der Waals surface area contributed by atoms with Crippen LogP contribution >= 0.6 is 23.2 Å². The van der Waals surface area contributed by atoms with E-state index in [9.17, 15) is 4.79 Å². The molecule has 1 amide bonds. The average Bonchev–Trinajstić information content (AvgIpc) is 3.33. The number of carbonyl (C=O) groups excluding carboxylic acids is 1. The third-order valence-corrected chi connectivity index (χ3v) is 9.12. The van der Waals surface area contributed by atoms with Crippen molar-refractivity contribution in [2.75, 3.05) is 31.1 Å². The molecule has 0 N–H and O–H groups in total. The molecule has 3 aromatic rings. The van der Waals surface area contributed by atoms with Crippen molar-refractivity contribution in [3.63, 3.8) is 0 Å². The molecule has 0 spiro atoms. The summed E-state index contributed by atoms with van der Waals surface area (Å²) in [6.07, 6.45) is 3.08. The molecule has 6 heteroatoms. The second-order valence-corrected chi connectivity index (χ2v) is 12.7. The molecule has 196 valence electrons. The number of carbonyl (C=O) groups is 1. The smallest absolute Gasteiger partial charge is 0.289 e. The Morgan fingerprint density at radius 1 is 0.865 bits per heavy atom. The van der Waals surface area contributed by atoms with Crippen LogP contribution in [0.4, 0.5) is 5.69 Å². The molecule has 2 aliphatic rings. The lowest BCUT2D eigenvalue weighted by molar-refractivity contribution is 0.0713. The number of halogens is 2. The minimum absolute atomic E-state index is 0.0508. The Kier molecular flexibility index (Phi) is 6.87. The highest BCUT2D eigenvalue weighted by molar-refractivity contribution is 6.42. The van der Waals surface area contributed by atoms with Gasteiger partial charge in [-0.2, -0.15) is 0 Å². The number of furan rings is 1. The Bertz CT molecular complexity index is 1330. The van der Waals surface area contributed by atoms with Crippen molar-refractivity contribution in [3.8, 4) is 0 Å². The van der Waals surface area contributed by atoms with Gasteiger partial charge in [0.25, 0.3) is 5.91 Å². The molecular weight excluding hydrogens is 503 g/mol. The topological polar surface area (TPSA) is 36.7 Å². The summed E-state index contributed by atoms with van der Waals surface area (Å²) in [5.41, 5.74) is 6.86. The van der Waals surface area contributed by atoms with Gasteiger partial charge in [0.05, 0.1) is 10.0 Å². The number of hydrogen-bond acceptors (Lipinski definition) is 3. The van der Waals surface area contributed by atoms with Crippen molar-refractivity contribution in [3.05, 3.63) is 86.3 Å². The number of nitrogens with zero attached hydrogens (tertiary/aromatic N) is 2. The highest BCUT2D eigenvalue weighted by atomic mass is 35.5. The molecule has 2 aromatic carbocycles. The Morgan fingerprint density at radius 2 is 1.51 bits per heavy atom. The van der Waals surface area contributed by atoms with E-state index >= 15 is 0 Å². The van der Waals surface area contributed by atoms with Gasteiger partial charge < -0.3 is 14.2 Å². The average molecular weight is 540 g/mol. The molecule has 0 saturated carbocycles. The van der Waals surface area contributed by atoms with Crippen LogP contribution in [-0.2, 0) is 17.3 Å². The van der Waals surface area contributed by atoms with Gasteiger partial charge in [-0.05, 0) is 83.2 Å². The van der Waals surface area contributed by atoms with Crippen molar-refractivity contribution in [1.29, 1.82) is 0 Å². The molecule has 1 aliphatic carbocycles. The van der Waals surface area contributed by atoms with Gasteiger partial charge in [-0.25, -0.2) is 0 Å². The number of hydrogen-bond donors (Lipinski definition) is 0. The van der Waals surface area contributed by atoms with Crippen LogP contribution in [0, 0.1) is 6.92 Å². The van der Waals surface area contributed by atoms with Crippen molar-refractivity contribution in [2.24, 2.45) is 0 Å². The zero-order valence-corrected chi connectivity index (χ0v) is 24.0. The summed E-state index contributed by atoms with van der Waals surface area (Å²) in [6.45, 7) is 14.3. The van der Waals surface area contributed by atoms with Crippen molar-refractivity contribution in [2.45, 2.75) is 64.7 Å². The quantitative estimate of drug-likeness (QED) is 0.340. The van der Waals surface area contributed by atoms with Gasteiger partial charge in [-0.3, -0.25) is 4.79 Å². The van der Waals surface area contributed by atoms with Crippen LogP contribution in [0.3, 0.4) is 0 Å². The van der Waals surface area contributed by atoms with Crippen LogP contribution in [0.2, 0.25) is 10.0 Å². The minimum atomic E-state index is -0.0508. The summed E-state index contributed by atoms with van der Waals surface area (Å²) in [4.78, 5) is 17.3. The van der Waals surface area contributed by atoms with Crippen molar-refractivity contribution >= 4 is 34.8 Å². The third kappa shape index (κ3) is 5.15. The van der Waals surface area contributed by atoms with Crippen LogP contribution in [0.1, 0.15) is 79.1 Å². The van der Waals surface area contributed by atoms with Gasteiger partial charge in [-0.1, -0.05) is 63.0 Å². The first-order valence-corrected chi connectivity index (χ1v) is 13.9. The maximum atomic E-state index is 13.2. The van der Waals surface area contributed by atoms with E-state index in [0.29, 0.717) is 35.3 Å². The summed E-state index contributed by atoms with van der Waals surface area (Å²) in [7, 11) is 0. The number of piperazine rings is 1. The van der Waals surface area contributed by atoms with Crippen molar-refractivity contribution in [1.82, 2.24) is 4.90 Å². The van der Waals surface area contributed by atoms with Gasteiger partial charge in [0.1, 0.15) is 5.76 Å². The molecule has 5 rings (SSSR count). The maximum Gasteiger partial charge on any atom is 0.289 e. The fourth-order valence-corrected chi connectivity index (χ4v) is 6.03. The fraction of sp³-hybridized carbons (Fsp3) is 0.452. The van der Waals surface area contributed by atoms with Crippen LogP contribution < -0.4 is 4.90 Å². The number of fused-ring (bicyclic) bond motifs is 1. The highest BCUT2D eigenvalue weighted by Gasteiger charge is 2.37. The SMILES string of the molecule is Cc1cc2c(cc1Cc1ccc(C(=O)N3CCN(c4ccc(Cl)c(Cl)c4)CC3)o1)C(C)(C)CCC2(C)C. The fourth-order valence-electron chi connectivity index (χ4n) is 5.74. The third-order valence-electron chi connectivity index (χ3n) is 8.38. The molecule has 0 bridgehead atoms. The molecule has 0 atom stereocenters. The Morgan fingerprint density at radius 3 is 2.16 bits per heavy atom. The number of rotatable bonds is 4. The molecule has 0 radical (unpaired) electrons. The molecule has 2 heterocycles. The predicted molar refractivity (Wildman–Crippen MR) is 153 cm³/mol. The monoisotopic (exact) mass is 538 g/mol. The largest absolute Gasteiger partial charge is 0.456 e. The standard InChI is InChI=1S/C31H36Cl2N2O2/c1-20-16-24-25(31(4,5)11-10-30(24,2)3)18-21(20)17-23-7-9-28(37-23)29(36)35-14-12-34(13-15-35)22-6-8-26(32)27(33)19-22/h6-9,16,18-19H,10-15,17H2,1-5H3. The van der Waals surface area contributed by atoms with Crippen molar-refractivity contribution < 1.29 is 9.21 Å². The zero-order valence-electron chi connectivity index (χ0n) is 22.5. The van der Waals surface area contributed by atoms with E-state index in [1.165, 1.54) is 35.1 Å². The summed E-state index contributed by atoms with van der Waals surface area (Å²) in [6, 6.07) is 14.2. The lowest BCUT2D eigenvalue weighted by Gasteiger charge is -2.42. The summed E-state index contributed by atoms with van der Waals surface area (Å²) < 4.78 is 6.10. The normalized spacial score (nSPS) is 18.6. The predicted octanol–water partition coefficient (Wildman–Crippen LogP) is 7.80. The first-order chi connectivity index (χ1) is 17.4. The molecular formula is C31H36Cl2N2O2. The lowest BCUT2D eigenvalue weighted by Crippen LogP contribution is -2.48. The van der Waals surface area contributed by atoms with E-state index in [1.54, 1.807) is 0 Å². The Labute approximate surface area is 230 Å². The lowest BCUT2D eigenvalue weighted by atomic mass is 9.62. The molecule has 0 unspecified atom stereocenters. The van der Waals surface area contributed by atoms with Gasteiger partial charge >= 0.3 is 0 Å². The van der Waals surface area contributed by atoms with Gasteiger partial charge in [0, 0.05) is 38.3 Å². The number of aryl methyl sites for hydroxylation is 1. The second kappa shape index (κ2) is 9.71. The number of benzene rings is 2. The second-order valence-electron chi connectivity index (χ2n) is 11.9.